The van der Waals surface area contributed by atoms with E-state index < -0.39 is 0 Å². The molecular weight excluding hydrogens is 214 g/mol. The summed E-state index contributed by atoms with van der Waals surface area (Å²) in [5.74, 6) is -0.359. The monoisotopic (exact) mass is 227 g/mol. The van der Waals surface area contributed by atoms with Gasteiger partial charge in [-0.2, -0.15) is 4.37 Å². The van der Waals surface area contributed by atoms with Crippen LogP contribution in [0.5, 0.6) is 0 Å². The van der Waals surface area contributed by atoms with Crippen LogP contribution in [0.3, 0.4) is 0 Å². The number of hydrogen-bond donors (Lipinski definition) is 1. The van der Waals surface area contributed by atoms with Crippen LogP contribution in [-0.4, -0.2) is 34.7 Å². The number of carbonyl (C=O) groups excluding carboxylic acids is 2. The second-order valence-electron chi connectivity index (χ2n) is 3.07. The Bertz CT molecular complexity index is 351. The lowest BCUT2D eigenvalue weighted by Crippen LogP contribution is -2.31. The maximum Gasteiger partial charge on any atom is 0.279 e. The highest BCUT2D eigenvalue weighted by Crippen LogP contribution is 2.10. The summed E-state index contributed by atoms with van der Waals surface area (Å²) in [6.45, 7) is 2.66. The quantitative estimate of drug-likeness (QED) is 0.739. The molecule has 0 aliphatic carbocycles. The van der Waals surface area contributed by atoms with Crippen LogP contribution in [0.4, 0.5) is 0 Å². The third-order valence-corrected chi connectivity index (χ3v) is 2.53. The molecule has 2 amide bonds. The summed E-state index contributed by atoms with van der Waals surface area (Å²) >= 11 is 1.25. The van der Waals surface area contributed by atoms with E-state index in [1.807, 2.05) is 6.92 Å². The first-order valence-electron chi connectivity index (χ1n) is 4.58. The van der Waals surface area contributed by atoms with Crippen LogP contribution in [-0.2, 0) is 4.79 Å². The van der Waals surface area contributed by atoms with Crippen molar-refractivity contribution in [3.05, 3.63) is 16.6 Å². The van der Waals surface area contributed by atoms with Crippen molar-refractivity contribution in [1.82, 2.24) is 9.27 Å². The summed E-state index contributed by atoms with van der Waals surface area (Å²) in [4.78, 5) is 24.4. The van der Waals surface area contributed by atoms with Gasteiger partial charge < -0.3 is 5.73 Å². The summed E-state index contributed by atoms with van der Waals surface area (Å²) in [7, 11) is 0. The van der Waals surface area contributed by atoms with E-state index in [0.29, 0.717) is 31.6 Å². The second kappa shape index (κ2) is 5.57. The van der Waals surface area contributed by atoms with E-state index in [4.69, 9.17) is 5.73 Å². The topological polar surface area (TPSA) is 76.3 Å². The fourth-order valence-corrected chi connectivity index (χ4v) is 1.62. The Balaban J connectivity index is 2.68. The van der Waals surface area contributed by atoms with E-state index >= 15 is 0 Å². The molecule has 0 aromatic carbocycles. The zero-order valence-electron chi connectivity index (χ0n) is 8.47. The standard InChI is InChI=1S/C9H13N3O2S/c1-7-5-8(11-15-7)9(14)12(6-13)4-2-3-10/h5-6H,2-4,10H2,1H3. The van der Waals surface area contributed by atoms with Crippen LogP contribution in [0, 0.1) is 6.92 Å². The molecule has 1 aromatic rings. The first-order valence-corrected chi connectivity index (χ1v) is 5.36. The zero-order valence-corrected chi connectivity index (χ0v) is 9.29. The predicted octanol–water partition coefficient (Wildman–Crippen LogP) is 0.399. The van der Waals surface area contributed by atoms with E-state index in [1.54, 1.807) is 6.07 Å². The van der Waals surface area contributed by atoms with Crippen LogP contribution < -0.4 is 5.73 Å². The number of rotatable bonds is 5. The van der Waals surface area contributed by atoms with Crippen LogP contribution in [0.15, 0.2) is 6.07 Å². The Kier molecular flexibility index (Phi) is 4.38. The minimum atomic E-state index is -0.359. The Morgan fingerprint density at radius 3 is 2.93 bits per heavy atom. The van der Waals surface area contributed by atoms with Crippen molar-refractivity contribution >= 4 is 23.8 Å². The van der Waals surface area contributed by atoms with E-state index in [9.17, 15) is 9.59 Å². The fraction of sp³-hybridized carbons (Fsp3) is 0.444. The average molecular weight is 227 g/mol. The highest BCUT2D eigenvalue weighted by atomic mass is 32.1. The summed E-state index contributed by atoms with van der Waals surface area (Å²) in [5, 5.41) is 0. The van der Waals surface area contributed by atoms with Gasteiger partial charge >= 0.3 is 0 Å². The number of nitrogens with two attached hydrogens (primary N) is 1. The molecule has 0 aliphatic heterocycles. The fourth-order valence-electron chi connectivity index (χ4n) is 1.08. The molecule has 0 radical (unpaired) electrons. The van der Waals surface area contributed by atoms with Gasteiger partial charge in [-0.3, -0.25) is 14.5 Å². The van der Waals surface area contributed by atoms with E-state index in [1.165, 1.54) is 11.5 Å². The molecule has 0 saturated heterocycles. The molecule has 15 heavy (non-hydrogen) atoms. The zero-order chi connectivity index (χ0) is 11.3. The Morgan fingerprint density at radius 2 is 2.47 bits per heavy atom. The Morgan fingerprint density at radius 1 is 1.73 bits per heavy atom. The maximum atomic E-state index is 11.7. The summed E-state index contributed by atoms with van der Waals surface area (Å²) in [6, 6.07) is 1.67. The van der Waals surface area contributed by atoms with Crippen molar-refractivity contribution in [3.63, 3.8) is 0 Å². The summed E-state index contributed by atoms with van der Waals surface area (Å²) in [5.41, 5.74) is 5.63. The molecule has 0 spiro atoms. The van der Waals surface area contributed by atoms with E-state index in [2.05, 4.69) is 4.37 Å². The number of amides is 2. The maximum absolute atomic E-state index is 11.7. The molecule has 1 rings (SSSR count). The largest absolute Gasteiger partial charge is 0.330 e. The number of hydrogen-bond acceptors (Lipinski definition) is 5. The first kappa shape index (κ1) is 11.8. The van der Waals surface area contributed by atoms with Gasteiger partial charge in [0.2, 0.25) is 6.41 Å². The predicted molar refractivity (Wildman–Crippen MR) is 57.6 cm³/mol. The van der Waals surface area contributed by atoms with Crippen LogP contribution in [0.1, 0.15) is 21.8 Å². The highest BCUT2D eigenvalue weighted by Gasteiger charge is 2.16. The smallest absolute Gasteiger partial charge is 0.279 e. The van der Waals surface area contributed by atoms with Gasteiger partial charge in [0, 0.05) is 11.4 Å². The highest BCUT2D eigenvalue weighted by molar-refractivity contribution is 7.05. The number of nitrogens with zero attached hydrogens (tertiary/aromatic N) is 2. The number of aromatic nitrogens is 1. The average Bonchev–Trinajstić information content (AvgIpc) is 2.65. The van der Waals surface area contributed by atoms with Crippen LogP contribution in [0.25, 0.3) is 0 Å². The van der Waals surface area contributed by atoms with Crippen molar-refractivity contribution in [2.45, 2.75) is 13.3 Å². The summed E-state index contributed by atoms with van der Waals surface area (Å²) in [6.07, 6.45) is 1.13. The Labute approximate surface area is 92.0 Å². The third kappa shape index (κ3) is 3.10. The van der Waals surface area contributed by atoms with Gasteiger partial charge in [-0.05, 0) is 37.5 Å². The molecule has 0 atom stereocenters. The molecular formula is C9H13N3O2S. The molecule has 1 aromatic heterocycles. The molecule has 0 saturated carbocycles. The Hall–Kier alpha value is -1.27. The van der Waals surface area contributed by atoms with E-state index in [-0.39, 0.29) is 5.91 Å². The molecule has 82 valence electrons. The van der Waals surface area contributed by atoms with Gasteiger partial charge in [0.15, 0.2) is 0 Å². The molecule has 0 aliphatic rings. The van der Waals surface area contributed by atoms with Crippen molar-refractivity contribution < 1.29 is 9.59 Å². The molecule has 0 fully saturated rings. The lowest BCUT2D eigenvalue weighted by Gasteiger charge is -2.12. The van der Waals surface area contributed by atoms with Gasteiger partial charge in [0.25, 0.3) is 5.91 Å². The molecule has 1 heterocycles. The first-order chi connectivity index (χ1) is 7.19. The molecule has 0 unspecified atom stereocenters. The minimum absolute atomic E-state index is 0.321. The summed E-state index contributed by atoms with van der Waals surface area (Å²) < 4.78 is 3.95. The van der Waals surface area contributed by atoms with Gasteiger partial charge in [0.1, 0.15) is 5.69 Å². The molecule has 6 heteroatoms. The van der Waals surface area contributed by atoms with Crippen molar-refractivity contribution in [2.75, 3.05) is 13.1 Å². The second-order valence-corrected chi connectivity index (χ2v) is 4.08. The normalized spacial score (nSPS) is 10.0. The minimum Gasteiger partial charge on any atom is -0.330 e. The van der Waals surface area contributed by atoms with Crippen molar-refractivity contribution in [1.29, 1.82) is 0 Å². The molecule has 2 N–H and O–H groups in total. The van der Waals surface area contributed by atoms with Gasteiger partial charge in [-0.15, -0.1) is 0 Å². The number of aryl methyl sites for hydroxylation is 1. The van der Waals surface area contributed by atoms with E-state index in [0.717, 1.165) is 9.78 Å². The number of imide groups is 1. The van der Waals surface area contributed by atoms with Gasteiger partial charge in [0.05, 0.1) is 0 Å². The lowest BCUT2D eigenvalue weighted by molar-refractivity contribution is -0.116. The van der Waals surface area contributed by atoms with Crippen LogP contribution >= 0.6 is 11.5 Å². The SMILES string of the molecule is Cc1cc(C(=O)N(C=O)CCCN)ns1. The van der Waals surface area contributed by atoms with Crippen LogP contribution in [0.2, 0.25) is 0 Å². The van der Waals surface area contributed by atoms with Crippen molar-refractivity contribution in [3.8, 4) is 0 Å². The third-order valence-electron chi connectivity index (χ3n) is 1.84. The lowest BCUT2D eigenvalue weighted by atomic mass is 10.3. The number of carbonyl (C=O) groups is 2. The van der Waals surface area contributed by atoms with Gasteiger partial charge in [-0.1, -0.05) is 0 Å². The van der Waals surface area contributed by atoms with Crippen molar-refractivity contribution in [2.24, 2.45) is 5.73 Å². The van der Waals surface area contributed by atoms with Gasteiger partial charge in [-0.25, -0.2) is 0 Å². The molecule has 5 nitrogen and oxygen atoms in total. The molecule has 0 bridgehead atoms.